The van der Waals surface area contributed by atoms with Crippen LogP contribution in [-0.2, 0) is 0 Å². The van der Waals surface area contributed by atoms with Crippen LogP contribution in [0.5, 0.6) is 5.75 Å². The Balaban J connectivity index is 2.65. The van der Waals surface area contributed by atoms with E-state index in [4.69, 9.17) is 4.74 Å². The molecule has 0 aliphatic rings. The Hall–Kier alpha value is -0.540. The van der Waals surface area contributed by atoms with Crippen LogP contribution in [0, 0.1) is 0 Å². The van der Waals surface area contributed by atoms with Gasteiger partial charge >= 0.3 is 0 Å². The third-order valence-electron chi connectivity index (χ3n) is 2.96. The minimum absolute atomic E-state index is 0.261. The molecule has 0 spiro atoms. The smallest absolute Gasteiger partial charge is 0.123 e. The summed E-state index contributed by atoms with van der Waals surface area (Å²) in [4.78, 5) is 0. The molecule has 0 saturated carbocycles. The van der Waals surface area contributed by atoms with Gasteiger partial charge < -0.3 is 10.1 Å². The van der Waals surface area contributed by atoms with Gasteiger partial charge in [0.15, 0.2) is 0 Å². The average Bonchev–Trinajstić information content (AvgIpc) is 2.31. The van der Waals surface area contributed by atoms with Gasteiger partial charge in [-0.15, -0.1) is 0 Å². The molecule has 1 unspecified atom stereocenters. The summed E-state index contributed by atoms with van der Waals surface area (Å²) < 4.78 is 7.17. The van der Waals surface area contributed by atoms with Crippen molar-refractivity contribution in [3.8, 4) is 5.75 Å². The first kappa shape index (κ1) is 15.5. The third-order valence-corrected chi connectivity index (χ3v) is 3.45. The lowest BCUT2D eigenvalue weighted by molar-refractivity contribution is 0.205. The second-order valence-corrected chi connectivity index (χ2v) is 5.93. The third kappa shape index (κ3) is 4.99. The Morgan fingerprint density at radius 2 is 2.00 bits per heavy atom. The van der Waals surface area contributed by atoms with E-state index in [9.17, 15) is 0 Å². The van der Waals surface area contributed by atoms with Crippen LogP contribution in [0.1, 0.15) is 45.1 Å². The maximum absolute atomic E-state index is 6.06. The van der Waals surface area contributed by atoms with Gasteiger partial charge in [-0.25, -0.2) is 0 Å². The van der Waals surface area contributed by atoms with E-state index in [1.165, 1.54) is 5.56 Å². The van der Waals surface area contributed by atoms with Gasteiger partial charge in [0.2, 0.25) is 0 Å². The first-order valence-electron chi connectivity index (χ1n) is 6.65. The van der Waals surface area contributed by atoms with E-state index in [-0.39, 0.29) is 6.10 Å². The Bertz CT molecular complexity index is 366. The van der Waals surface area contributed by atoms with E-state index in [1.807, 2.05) is 13.1 Å². The van der Waals surface area contributed by atoms with Crippen LogP contribution in [-0.4, -0.2) is 19.7 Å². The molecule has 2 nitrogen and oxygen atoms in total. The molecular weight excluding hydrogens is 290 g/mol. The van der Waals surface area contributed by atoms with Crippen molar-refractivity contribution in [1.29, 1.82) is 0 Å². The van der Waals surface area contributed by atoms with Crippen molar-refractivity contribution in [1.82, 2.24) is 5.32 Å². The molecule has 0 fully saturated rings. The Morgan fingerprint density at radius 3 is 2.61 bits per heavy atom. The Labute approximate surface area is 119 Å². The zero-order valence-corrected chi connectivity index (χ0v) is 13.4. The summed E-state index contributed by atoms with van der Waals surface area (Å²) in [6, 6.07) is 6.26. The normalized spacial score (nSPS) is 12.8. The van der Waals surface area contributed by atoms with Gasteiger partial charge in [0, 0.05) is 4.47 Å². The first-order valence-corrected chi connectivity index (χ1v) is 7.44. The standard InChI is InChI=1S/C15H24BrNO/c1-11(2)14-10-13(16)7-8-15(14)18-12(3)6-5-9-17-4/h7-8,10-12,17H,5-6,9H2,1-4H3. The fourth-order valence-electron chi connectivity index (χ4n) is 1.92. The molecule has 0 bridgehead atoms. The SMILES string of the molecule is CNCCCC(C)Oc1ccc(Br)cc1C(C)C. The summed E-state index contributed by atoms with van der Waals surface area (Å²) in [5, 5.41) is 3.16. The van der Waals surface area contributed by atoms with Gasteiger partial charge in [-0.05, 0) is 63.0 Å². The van der Waals surface area contributed by atoms with Crippen LogP contribution in [0.15, 0.2) is 22.7 Å². The van der Waals surface area contributed by atoms with Crippen LogP contribution < -0.4 is 10.1 Å². The van der Waals surface area contributed by atoms with Crippen molar-refractivity contribution >= 4 is 15.9 Å². The molecule has 1 rings (SSSR count). The summed E-state index contributed by atoms with van der Waals surface area (Å²) in [7, 11) is 1.98. The monoisotopic (exact) mass is 313 g/mol. The number of hydrogen-bond donors (Lipinski definition) is 1. The molecule has 0 amide bonds. The van der Waals surface area contributed by atoms with Gasteiger partial charge in [0.05, 0.1) is 6.10 Å². The molecule has 1 N–H and O–H groups in total. The van der Waals surface area contributed by atoms with Crippen LogP contribution in [0.3, 0.4) is 0 Å². The van der Waals surface area contributed by atoms with Gasteiger partial charge in [-0.2, -0.15) is 0 Å². The van der Waals surface area contributed by atoms with Gasteiger partial charge in [0.25, 0.3) is 0 Å². The molecule has 102 valence electrons. The minimum atomic E-state index is 0.261. The maximum Gasteiger partial charge on any atom is 0.123 e. The fourth-order valence-corrected chi connectivity index (χ4v) is 2.30. The van der Waals surface area contributed by atoms with Crippen molar-refractivity contribution < 1.29 is 4.74 Å². The highest BCUT2D eigenvalue weighted by Crippen LogP contribution is 2.30. The second-order valence-electron chi connectivity index (χ2n) is 5.01. The summed E-state index contributed by atoms with van der Waals surface area (Å²) in [5.74, 6) is 1.49. The first-order chi connectivity index (χ1) is 8.54. The van der Waals surface area contributed by atoms with Crippen molar-refractivity contribution in [2.75, 3.05) is 13.6 Å². The molecule has 1 atom stereocenters. The van der Waals surface area contributed by atoms with Gasteiger partial charge in [-0.3, -0.25) is 0 Å². The molecule has 3 heteroatoms. The number of hydrogen-bond acceptors (Lipinski definition) is 2. The van der Waals surface area contributed by atoms with Crippen LogP contribution in [0.25, 0.3) is 0 Å². The molecule has 0 heterocycles. The van der Waals surface area contributed by atoms with Crippen molar-refractivity contribution in [3.63, 3.8) is 0 Å². The molecule has 0 radical (unpaired) electrons. The number of rotatable bonds is 7. The molecule has 18 heavy (non-hydrogen) atoms. The van der Waals surface area contributed by atoms with Crippen molar-refractivity contribution in [2.45, 2.75) is 45.6 Å². The average molecular weight is 314 g/mol. The molecule has 1 aromatic rings. The van der Waals surface area contributed by atoms with E-state index >= 15 is 0 Å². The van der Waals surface area contributed by atoms with Crippen molar-refractivity contribution in [2.24, 2.45) is 0 Å². The highest BCUT2D eigenvalue weighted by molar-refractivity contribution is 9.10. The van der Waals surface area contributed by atoms with Crippen molar-refractivity contribution in [3.05, 3.63) is 28.2 Å². The molecule has 0 aliphatic carbocycles. The number of nitrogens with one attached hydrogen (secondary N) is 1. The van der Waals surface area contributed by atoms with E-state index < -0.39 is 0 Å². The van der Waals surface area contributed by atoms with E-state index in [1.54, 1.807) is 0 Å². The lowest BCUT2D eigenvalue weighted by Crippen LogP contribution is -2.16. The summed E-state index contributed by atoms with van der Waals surface area (Å²) in [6.07, 6.45) is 2.48. The molecular formula is C15H24BrNO. The molecule has 0 aliphatic heterocycles. The van der Waals surface area contributed by atoms with Crippen LogP contribution >= 0.6 is 15.9 Å². The predicted octanol–water partition coefficient (Wildman–Crippen LogP) is 4.34. The number of ether oxygens (including phenoxy) is 1. The lowest BCUT2D eigenvalue weighted by atomic mass is 10.0. The highest BCUT2D eigenvalue weighted by Gasteiger charge is 2.11. The van der Waals surface area contributed by atoms with Crippen LogP contribution in [0.2, 0.25) is 0 Å². The van der Waals surface area contributed by atoms with Crippen LogP contribution in [0.4, 0.5) is 0 Å². The lowest BCUT2D eigenvalue weighted by Gasteiger charge is -2.19. The van der Waals surface area contributed by atoms with Gasteiger partial charge in [0.1, 0.15) is 5.75 Å². The summed E-state index contributed by atoms with van der Waals surface area (Å²) in [6.45, 7) is 7.58. The molecule has 0 aromatic heterocycles. The Morgan fingerprint density at radius 1 is 1.28 bits per heavy atom. The highest BCUT2D eigenvalue weighted by atomic mass is 79.9. The predicted molar refractivity (Wildman–Crippen MR) is 81.5 cm³/mol. The maximum atomic E-state index is 6.06. The molecule has 0 saturated heterocycles. The second kappa shape index (κ2) is 7.80. The summed E-state index contributed by atoms with van der Waals surface area (Å²) in [5.41, 5.74) is 1.27. The zero-order valence-electron chi connectivity index (χ0n) is 11.8. The van der Waals surface area contributed by atoms with E-state index in [2.05, 4.69) is 54.2 Å². The fraction of sp³-hybridized carbons (Fsp3) is 0.600. The Kier molecular flexibility index (Phi) is 6.72. The molecule has 1 aromatic carbocycles. The minimum Gasteiger partial charge on any atom is -0.490 e. The largest absolute Gasteiger partial charge is 0.490 e. The van der Waals surface area contributed by atoms with E-state index in [0.717, 1.165) is 29.6 Å². The summed E-state index contributed by atoms with van der Waals surface area (Å²) >= 11 is 3.52. The topological polar surface area (TPSA) is 21.3 Å². The van der Waals surface area contributed by atoms with E-state index in [0.29, 0.717) is 5.92 Å². The number of halogens is 1. The zero-order chi connectivity index (χ0) is 13.5. The number of benzene rings is 1. The van der Waals surface area contributed by atoms with Gasteiger partial charge in [-0.1, -0.05) is 29.8 Å². The quantitative estimate of drug-likeness (QED) is 0.756.